The number of nitrogens with zero attached hydrogens (tertiary/aromatic N) is 4. The lowest BCUT2D eigenvalue weighted by Crippen LogP contribution is -2.23. The molecule has 0 aliphatic rings. The van der Waals surface area contributed by atoms with Crippen molar-refractivity contribution in [1.29, 1.82) is 0 Å². The Morgan fingerprint density at radius 2 is 1.83 bits per heavy atom. The van der Waals surface area contributed by atoms with Crippen molar-refractivity contribution in [1.82, 2.24) is 19.7 Å². The van der Waals surface area contributed by atoms with Crippen molar-refractivity contribution in [3.63, 3.8) is 0 Å². The maximum atomic E-state index is 13.9. The Kier molecular flexibility index (Phi) is 4.24. The van der Waals surface area contributed by atoms with Gasteiger partial charge in [-0.05, 0) is 35.9 Å². The third kappa shape index (κ3) is 3.23. The third-order valence-corrected chi connectivity index (χ3v) is 5.30. The smallest absolute Gasteiger partial charge is 0.137 e. The minimum Gasteiger partial charge on any atom is -0.372 e. The number of benzene rings is 3. The fraction of sp³-hybridized carbons (Fsp3) is 0.130. The van der Waals surface area contributed by atoms with Crippen LogP contribution in [-0.2, 0) is 6.54 Å². The van der Waals surface area contributed by atoms with E-state index >= 15 is 0 Å². The fourth-order valence-electron chi connectivity index (χ4n) is 3.79. The Labute approximate surface area is 167 Å². The molecular weight excluding hydrogens is 365 g/mol. The summed E-state index contributed by atoms with van der Waals surface area (Å²) in [6, 6.07) is 19.5. The summed E-state index contributed by atoms with van der Waals surface area (Å²) in [4.78, 5) is 9.65. The molecule has 144 valence electrons. The molecule has 0 saturated carbocycles. The van der Waals surface area contributed by atoms with Crippen LogP contribution in [0.25, 0.3) is 32.9 Å². The summed E-state index contributed by atoms with van der Waals surface area (Å²) in [5.41, 5.74) is 5.29. The van der Waals surface area contributed by atoms with Gasteiger partial charge in [-0.1, -0.05) is 30.3 Å². The lowest BCUT2D eigenvalue weighted by molar-refractivity contribution is 0.610. The number of likely N-dealkylation sites (N-methyl/N-ethyl adjacent to an activating group) is 1. The Balaban J connectivity index is 1.65. The molecule has 0 spiro atoms. The van der Waals surface area contributed by atoms with Crippen LogP contribution >= 0.6 is 0 Å². The van der Waals surface area contributed by atoms with Gasteiger partial charge in [0.1, 0.15) is 18.5 Å². The first-order valence-corrected chi connectivity index (χ1v) is 9.53. The number of H-pyrrole nitrogens is 1. The first kappa shape index (κ1) is 17.4. The molecule has 0 aliphatic carbocycles. The van der Waals surface area contributed by atoms with E-state index in [1.165, 1.54) is 6.07 Å². The Morgan fingerprint density at radius 3 is 2.62 bits per heavy atom. The number of halogens is 1. The van der Waals surface area contributed by atoms with Crippen molar-refractivity contribution < 1.29 is 4.39 Å². The minimum atomic E-state index is -0.230. The molecule has 0 aliphatic heterocycles. The number of hydrogen-bond donors (Lipinski definition) is 1. The van der Waals surface area contributed by atoms with Crippen molar-refractivity contribution >= 4 is 27.5 Å². The second-order valence-electron chi connectivity index (χ2n) is 7.18. The van der Waals surface area contributed by atoms with Gasteiger partial charge in [-0.2, -0.15) is 5.10 Å². The van der Waals surface area contributed by atoms with Crippen molar-refractivity contribution in [2.24, 2.45) is 0 Å². The van der Waals surface area contributed by atoms with E-state index in [1.54, 1.807) is 24.8 Å². The summed E-state index contributed by atoms with van der Waals surface area (Å²) >= 11 is 0. The van der Waals surface area contributed by atoms with Gasteiger partial charge in [-0.25, -0.2) is 9.37 Å². The molecule has 3 aromatic carbocycles. The fourth-order valence-corrected chi connectivity index (χ4v) is 3.79. The van der Waals surface area contributed by atoms with Gasteiger partial charge in [0, 0.05) is 46.6 Å². The number of hydrogen-bond acceptors (Lipinski definition) is 3. The Morgan fingerprint density at radius 1 is 1.00 bits per heavy atom. The van der Waals surface area contributed by atoms with Crippen LogP contribution < -0.4 is 4.90 Å². The zero-order valence-electron chi connectivity index (χ0n) is 16.0. The Hall–Kier alpha value is -3.67. The van der Waals surface area contributed by atoms with E-state index in [4.69, 9.17) is 0 Å². The minimum absolute atomic E-state index is 0.230. The highest BCUT2D eigenvalue weighted by Crippen LogP contribution is 2.37. The summed E-state index contributed by atoms with van der Waals surface area (Å²) in [5, 5.41) is 6.10. The van der Waals surface area contributed by atoms with Gasteiger partial charge in [0.2, 0.25) is 0 Å². The quantitative estimate of drug-likeness (QED) is 0.470. The highest BCUT2D eigenvalue weighted by Gasteiger charge is 2.15. The first-order valence-electron chi connectivity index (χ1n) is 9.53. The molecule has 0 amide bonds. The molecule has 0 bridgehead atoms. The number of fused-ring (bicyclic) bond motifs is 3. The number of aromatic amines is 1. The van der Waals surface area contributed by atoms with Crippen LogP contribution in [0.15, 0.2) is 73.3 Å². The van der Waals surface area contributed by atoms with Crippen LogP contribution in [0.2, 0.25) is 0 Å². The average molecular weight is 385 g/mol. The second kappa shape index (κ2) is 7.05. The third-order valence-electron chi connectivity index (χ3n) is 5.30. The molecule has 5 rings (SSSR count). The normalized spacial score (nSPS) is 11.4. The molecular formula is C23H20FN5. The zero-order chi connectivity index (χ0) is 19.8. The molecule has 0 saturated heterocycles. The van der Waals surface area contributed by atoms with Gasteiger partial charge >= 0.3 is 0 Å². The molecule has 0 fully saturated rings. The lowest BCUT2D eigenvalue weighted by atomic mass is 10.00. The first-order chi connectivity index (χ1) is 14.2. The van der Waals surface area contributed by atoms with Crippen molar-refractivity contribution in [3.05, 3.63) is 79.1 Å². The van der Waals surface area contributed by atoms with Crippen LogP contribution in [0.5, 0.6) is 0 Å². The van der Waals surface area contributed by atoms with Crippen LogP contribution in [0, 0.1) is 5.82 Å². The molecule has 2 aromatic heterocycles. The summed E-state index contributed by atoms with van der Waals surface area (Å²) in [6.45, 7) is 1.50. The van der Waals surface area contributed by atoms with Gasteiger partial charge in [0.25, 0.3) is 0 Å². The summed E-state index contributed by atoms with van der Waals surface area (Å²) in [7, 11) is 2.07. The highest BCUT2D eigenvalue weighted by atomic mass is 19.1. The predicted molar refractivity (Wildman–Crippen MR) is 114 cm³/mol. The number of nitrogens with one attached hydrogen (secondary N) is 1. The van der Waals surface area contributed by atoms with Crippen molar-refractivity contribution in [3.8, 4) is 11.1 Å². The van der Waals surface area contributed by atoms with E-state index in [1.807, 2.05) is 22.9 Å². The molecule has 0 radical (unpaired) electrons. The van der Waals surface area contributed by atoms with E-state index in [-0.39, 0.29) is 5.82 Å². The maximum Gasteiger partial charge on any atom is 0.137 e. The highest BCUT2D eigenvalue weighted by molar-refractivity contribution is 6.10. The largest absolute Gasteiger partial charge is 0.372 e. The number of rotatable bonds is 5. The van der Waals surface area contributed by atoms with Gasteiger partial charge in [-0.3, -0.25) is 4.68 Å². The van der Waals surface area contributed by atoms with Crippen LogP contribution in [0.3, 0.4) is 0 Å². The van der Waals surface area contributed by atoms with Gasteiger partial charge in [0.05, 0.1) is 6.54 Å². The number of anilines is 1. The predicted octanol–water partition coefficient (Wildman–Crippen LogP) is 4.86. The molecule has 0 unspecified atom stereocenters. The summed E-state index contributed by atoms with van der Waals surface area (Å²) in [5.74, 6) is -0.230. The summed E-state index contributed by atoms with van der Waals surface area (Å²) in [6.07, 6.45) is 3.26. The molecule has 1 N–H and O–H groups in total. The molecule has 0 atom stereocenters. The zero-order valence-corrected chi connectivity index (χ0v) is 16.0. The topological polar surface area (TPSA) is 49.7 Å². The molecule has 2 heterocycles. The van der Waals surface area contributed by atoms with E-state index in [0.29, 0.717) is 0 Å². The van der Waals surface area contributed by atoms with E-state index in [0.717, 1.165) is 51.7 Å². The van der Waals surface area contributed by atoms with E-state index in [9.17, 15) is 4.39 Å². The Bertz CT molecular complexity index is 1280. The standard InChI is InChI=1S/C23H20FN5/c1-28(9-10-29-15-25-14-26-29)23-13-20-19-11-17(24)7-8-21(19)27-22(20)12-18(23)16-5-3-2-4-6-16/h2-8,11-15,27H,9-10H2,1H3. The van der Waals surface area contributed by atoms with E-state index in [2.05, 4.69) is 51.3 Å². The number of aromatic nitrogens is 4. The average Bonchev–Trinajstić information content (AvgIpc) is 3.39. The van der Waals surface area contributed by atoms with Crippen LogP contribution in [0.1, 0.15) is 0 Å². The van der Waals surface area contributed by atoms with Crippen molar-refractivity contribution in [2.75, 3.05) is 18.5 Å². The molecule has 29 heavy (non-hydrogen) atoms. The SMILES string of the molecule is CN(CCn1cncn1)c1cc2c(cc1-c1ccccc1)[nH]c1ccc(F)cc12. The van der Waals surface area contributed by atoms with Crippen molar-refractivity contribution in [2.45, 2.75) is 6.54 Å². The molecule has 6 heteroatoms. The molecule has 5 aromatic rings. The molecule has 5 nitrogen and oxygen atoms in total. The second-order valence-corrected chi connectivity index (χ2v) is 7.18. The van der Waals surface area contributed by atoms with Crippen LogP contribution in [0.4, 0.5) is 10.1 Å². The maximum absolute atomic E-state index is 13.9. The monoisotopic (exact) mass is 385 g/mol. The van der Waals surface area contributed by atoms with Gasteiger partial charge in [-0.15, -0.1) is 0 Å². The van der Waals surface area contributed by atoms with Gasteiger partial charge in [0.15, 0.2) is 0 Å². The van der Waals surface area contributed by atoms with E-state index < -0.39 is 0 Å². The lowest BCUT2D eigenvalue weighted by Gasteiger charge is -2.23. The summed E-state index contributed by atoms with van der Waals surface area (Å²) < 4.78 is 15.7. The van der Waals surface area contributed by atoms with Gasteiger partial charge < -0.3 is 9.88 Å². The van der Waals surface area contributed by atoms with Crippen LogP contribution in [-0.4, -0.2) is 33.3 Å².